The Morgan fingerprint density at radius 1 is 0.804 bits per heavy atom. The number of aryl methyl sites for hydroxylation is 1. The molecule has 0 fully saturated rings. The molecule has 1 aromatic heterocycles. The number of nitrogens with zero attached hydrogens (tertiary/aromatic N) is 3. The van der Waals surface area contributed by atoms with Gasteiger partial charge < -0.3 is 20.6 Å². The summed E-state index contributed by atoms with van der Waals surface area (Å²) in [6.07, 6.45) is 3.83. The van der Waals surface area contributed by atoms with Crippen LogP contribution in [0.5, 0.6) is 0 Å². The van der Waals surface area contributed by atoms with Gasteiger partial charge in [0.15, 0.2) is 0 Å². The number of halogens is 2. The fourth-order valence-electron chi connectivity index (χ4n) is 5.58. The highest BCUT2D eigenvalue weighted by atomic mass is 19.1. The van der Waals surface area contributed by atoms with Crippen molar-refractivity contribution in [1.29, 1.82) is 0 Å². The van der Waals surface area contributed by atoms with Gasteiger partial charge in [-0.1, -0.05) is 32.0 Å². The van der Waals surface area contributed by atoms with E-state index in [1.165, 1.54) is 17.0 Å². The average Bonchev–Trinajstić information content (AvgIpc) is 3.03. The third-order valence-corrected chi connectivity index (χ3v) is 7.74. The van der Waals surface area contributed by atoms with Crippen LogP contribution in [-0.4, -0.2) is 63.5 Å². The Morgan fingerprint density at radius 2 is 1.41 bits per heavy atom. The molecule has 0 aliphatic heterocycles. The van der Waals surface area contributed by atoms with Crippen LogP contribution in [0.3, 0.4) is 0 Å². The number of benzene rings is 3. The summed E-state index contributed by atoms with van der Waals surface area (Å²) in [7, 11) is 0. The number of hydrogen-bond donors (Lipinski definition) is 2. The summed E-state index contributed by atoms with van der Waals surface area (Å²) in [5, 5.41) is 11.2. The van der Waals surface area contributed by atoms with Crippen molar-refractivity contribution in [3.8, 4) is 11.1 Å². The number of carbonyl (C=O) groups is 2. The SMILES string of the molecule is CCCN(CCC)C(=O)c1cc(C)cc(C(=O)N(Cc2cccc(-c3ccncc3)c2)C[C@@H](O)[C@@H](N)Cc2cc(F)cc(F)c2)c1. The molecule has 0 aliphatic carbocycles. The van der Waals surface area contributed by atoms with E-state index in [0.717, 1.165) is 41.2 Å². The van der Waals surface area contributed by atoms with Gasteiger partial charge in [0.05, 0.1) is 6.10 Å². The Labute approximate surface area is 269 Å². The number of pyridine rings is 1. The van der Waals surface area contributed by atoms with E-state index in [1.807, 2.05) is 57.2 Å². The Morgan fingerprint density at radius 3 is 2.02 bits per heavy atom. The second-order valence-corrected chi connectivity index (χ2v) is 11.7. The van der Waals surface area contributed by atoms with Gasteiger partial charge in [-0.2, -0.15) is 0 Å². The van der Waals surface area contributed by atoms with E-state index in [1.54, 1.807) is 35.5 Å². The van der Waals surface area contributed by atoms with Crippen LogP contribution in [0.15, 0.2) is 85.2 Å². The van der Waals surface area contributed by atoms with Crippen LogP contribution < -0.4 is 5.73 Å². The molecular weight excluding hydrogens is 586 g/mol. The van der Waals surface area contributed by atoms with Gasteiger partial charge in [-0.05, 0) is 103 Å². The first-order chi connectivity index (χ1) is 22.1. The summed E-state index contributed by atoms with van der Waals surface area (Å²) in [5.74, 6) is -1.98. The van der Waals surface area contributed by atoms with Gasteiger partial charge in [-0.3, -0.25) is 14.6 Å². The van der Waals surface area contributed by atoms with Crippen LogP contribution in [0.1, 0.15) is 64.1 Å². The summed E-state index contributed by atoms with van der Waals surface area (Å²) < 4.78 is 27.6. The second kappa shape index (κ2) is 16.2. The molecule has 9 heteroatoms. The number of rotatable bonds is 14. The van der Waals surface area contributed by atoms with Gasteiger partial charge in [0.25, 0.3) is 11.8 Å². The minimum atomic E-state index is -1.21. The maximum absolute atomic E-state index is 14.2. The fourth-order valence-corrected chi connectivity index (χ4v) is 5.58. The number of aliphatic hydroxyl groups is 1. The average molecular weight is 629 g/mol. The number of aromatic nitrogens is 1. The lowest BCUT2D eigenvalue weighted by atomic mass is 9.99. The normalized spacial score (nSPS) is 12.4. The molecule has 3 N–H and O–H groups in total. The Balaban J connectivity index is 1.65. The van der Waals surface area contributed by atoms with Gasteiger partial charge in [0.2, 0.25) is 0 Å². The van der Waals surface area contributed by atoms with E-state index >= 15 is 0 Å². The van der Waals surface area contributed by atoms with Crippen molar-refractivity contribution in [3.05, 3.63) is 125 Å². The van der Waals surface area contributed by atoms with Crippen LogP contribution in [0.4, 0.5) is 8.78 Å². The third kappa shape index (κ3) is 9.28. The fraction of sp³-hybridized carbons (Fsp3) is 0.324. The molecule has 0 radical (unpaired) electrons. The molecule has 46 heavy (non-hydrogen) atoms. The van der Waals surface area contributed by atoms with E-state index in [-0.39, 0.29) is 31.3 Å². The molecule has 0 unspecified atom stereocenters. The molecule has 0 saturated heterocycles. The number of hydrogen-bond acceptors (Lipinski definition) is 5. The molecule has 242 valence electrons. The number of nitrogens with two attached hydrogens (primary N) is 1. The van der Waals surface area contributed by atoms with Gasteiger partial charge in [-0.15, -0.1) is 0 Å². The number of carbonyl (C=O) groups excluding carboxylic acids is 2. The van der Waals surface area contributed by atoms with Crippen molar-refractivity contribution >= 4 is 11.8 Å². The predicted octanol–water partition coefficient (Wildman–Crippen LogP) is 6.17. The summed E-state index contributed by atoms with van der Waals surface area (Å²) in [5.41, 5.74) is 10.8. The van der Waals surface area contributed by atoms with E-state index in [2.05, 4.69) is 4.98 Å². The lowest BCUT2D eigenvalue weighted by Gasteiger charge is -2.29. The molecule has 0 spiro atoms. The molecule has 2 amide bonds. The van der Waals surface area contributed by atoms with Crippen molar-refractivity contribution in [3.63, 3.8) is 0 Å². The van der Waals surface area contributed by atoms with E-state index < -0.39 is 23.8 Å². The van der Waals surface area contributed by atoms with Crippen molar-refractivity contribution in [2.24, 2.45) is 5.73 Å². The first-order valence-electron chi connectivity index (χ1n) is 15.7. The molecule has 0 saturated carbocycles. The predicted molar refractivity (Wildman–Crippen MR) is 176 cm³/mol. The van der Waals surface area contributed by atoms with Crippen LogP contribution in [0.25, 0.3) is 11.1 Å². The van der Waals surface area contributed by atoms with E-state index in [9.17, 15) is 23.5 Å². The molecule has 7 nitrogen and oxygen atoms in total. The van der Waals surface area contributed by atoms with Gasteiger partial charge >= 0.3 is 0 Å². The maximum atomic E-state index is 14.2. The molecule has 0 bridgehead atoms. The topological polar surface area (TPSA) is 99.8 Å². The van der Waals surface area contributed by atoms with E-state index in [0.29, 0.717) is 29.8 Å². The summed E-state index contributed by atoms with van der Waals surface area (Å²) in [6, 6.07) is 18.8. The van der Waals surface area contributed by atoms with E-state index in [4.69, 9.17) is 5.73 Å². The minimum Gasteiger partial charge on any atom is -0.390 e. The molecule has 0 aliphatic rings. The van der Waals surface area contributed by atoms with Crippen molar-refractivity contribution in [2.75, 3.05) is 19.6 Å². The zero-order chi connectivity index (χ0) is 33.2. The Bertz CT molecular complexity index is 1610. The molecule has 3 aromatic carbocycles. The molecule has 4 rings (SSSR count). The lowest BCUT2D eigenvalue weighted by molar-refractivity contribution is 0.0554. The second-order valence-electron chi connectivity index (χ2n) is 11.7. The molecule has 4 aromatic rings. The van der Waals surface area contributed by atoms with Crippen LogP contribution >= 0.6 is 0 Å². The van der Waals surface area contributed by atoms with Gasteiger partial charge in [0, 0.05) is 61.8 Å². The smallest absolute Gasteiger partial charge is 0.254 e. The van der Waals surface area contributed by atoms with Crippen molar-refractivity contribution < 1.29 is 23.5 Å². The van der Waals surface area contributed by atoms with Gasteiger partial charge in [0.1, 0.15) is 11.6 Å². The Kier molecular flexibility index (Phi) is 12.1. The highest BCUT2D eigenvalue weighted by Crippen LogP contribution is 2.22. The zero-order valence-corrected chi connectivity index (χ0v) is 26.6. The maximum Gasteiger partial charge on any atom is 0.254 e. The summed E-state index contributed by atoms with van der Waals surface area (Å²) in [6.45, 7) is 7.10. The van der Waals surface area contributed by atoms with Crippen LogP contribution in [0.2, 0.25) is 0 Å². The van der Waals surface area contributed by atoms with Crippen LogP contribution in [-0.2, 0) is 13.0 Å². The minimum absolute atomic E-state index is 0.00317. The quantitative estimate of drug-likeness (QED) is 0.174. The van der Waals surface area contributed by atoms with Crippen molar-refractivity contribution in [1.82, 2.24) is 14.8 Å². The molecular formula is C37H42F2N4O3. The summed E-state index contributed by atoms with van der Waals surface area (Å²) in [4.78, 5) is 35.0. The first-order valence-corrected chi connectivity index (χ1v) is 15.7. The highest BCUT2D eigenvalue weighted by molar-refractivity contribution is 6.00. The Hall–Kier alpha value is -4.47. The number of amides is 2. The number of aliphatic hydroxyl groups excluding tert-OH is 1. The summed E-state index contributed by atoms with van der Waals surface area (Å²) >= 11 is 0. The van der Waals surface area contributed by atoms with Gasteiger partial charge in [-0.25, -0.2) is 8.78 Å². The molecule has 2 atom stereocenters. The van der Waals surface area contributed by atoms with Crippen molar-refractivity contribution in [2.45, 2.75) is 58.7 Å². The lowest BCUT2D eigenvalue weighted by Crippen LogP contribution is -2.46. The standard InChI is InChI=1S/C37H42F2N4O3/c1-4-13-42(14-5-2)36(45)30-15-25(3)16-31(21-30)37(46)43(23-26-7-6-8-29(17-26)28-9-11-41-12-10-28)24-35(44)34(40)20-27-18-32(38)22-33(39)19-27/h6-12,15-19,21-22,34-35,44H,4-5,13-14,20,23-24,40H2,1-3H3/t34-,35+/m0/s1. The first kappa shape index (κ1) is 34.4. The van der Waals surface area contributed by atoms with Crippen LogP contribution in [0, 0.1) is 18.6 Å². The third-order valence-electron chi connectivity index (χ3n) is 7.74. The largest absolute Gasteiger partial charge is 0.390 e. The molecule has 1 heterocycles. The monoisotopic (exact) mass is 628 g/mol. The highest BCUT2D eigenvalue weighted by Gasteiger charge is 2.26. The zero-order valence-electron chi connectivity index (χ0n) is 26.6.